The second-order valence-electron chi connectivity index (χ2n) is 3.15. The highest BCUT2D eigenvalue weighted by Gasteiger charge is 2.36. The minimum atomic E-state index is -4.01. The third kappa shape index (κ3) is 3.20. The molecule has 0 heterocycles. The van der Waals surface area contributed by atoms with Gasteiger partial charge in [0, 0.05) is 0 Å². The molecule has 0 aliphatic rings. The topological polar surface area (TPSA) is 35.5 Å². The Kier molecular flexibility index (Phi) is 5.93. The van der Waals surface area contributed by atoms with Crippen LogP contribution in [0.5, 0.6) is 0 Å². The van der Waals surface area contributed by atoms with Crippen LogP contribution in [-0.4, -0.2) is 13.2 Å². The second kappa shape index (κ2) is 6.57. The van der Waals surface area contributed by atoms with Gasteiger partial charge in [-0.25, -0.2) is 8.78 Å². The van der Waals surface area contributed by atoms with Gasteiger partial charge in [-0.15, -0.1) is 0 Å². The van der Waals surface area contributed by atoms with Crippen LogP contribution in [0.15, 0.2) is 15.0 Å². The molecule has 3 nitrogen and oxygen atoms in total. The lowest BCUT2D eigenvalue weighted by molar-refractivity contribution is 0.228. The highest BCUT2D eigenvalue weighted by Crippen LogP contribution is 2.49. The molecule has 0 atom stereocenters. The van der Waals surface area contributed by atoms with E-state index in [1.165, 1.54) is 6.07 Å². The summed E-state index contributed by atoms with van der Waals surface area (Å²) >= 11 is 5.84. The second-order valence-corrected chi connectivity index (χ2v) is 6.82. The summed E-state index contributed by atoms with van der Waals surface area (Å²) in [4.78, 5) is 0. The van der Waals surface area contributed by atoms with Gasteiger partial charge in [0.05, 0.1) is 22.2 Å². The third-order valence-corrected chi connectivity index (χ3v) is 5.25. The molecule has 0 aromatic heterocycles. The first kappa shape index (κ1) is 16.2. The minimum Gasteiger partial charge on any atom is -0.305 e. The third-order valence-electron chi connectivity index (χ3n) is 1.96. The monoisotopic (exact) mass is 406 g/mol. The molecule has 0 bridgehead atoms. The maximum absolute atomic E-state index is 13.9. The van der Waals surface area contributed by atoms with Crippen LogP contribution >= 0.6 is 39.5 Å². The van der Waals surface area contributed by atoms with Crippen LogP contribution in [-0.2, 0) is 13.6 Å². The molecule has 0 aliphatic heterocycles. The molecule has 0 fully saturated rings. The van der Waals surface area contributed by atoms with E-state index in [0.29, 0.717) is 0 Å². The fraction of sp³-hybridized carbons (Fsp3) is 0.400. The van der Waals surface area contributed by atoms with E-state index in [2.05, 4.69) is 31.9 Å². The number of rotatable bonds is 5. The van der Waals surface area contributed by atoms with Crippen molar-refractivity contribution in [2.45, 2.75) is 13.8 Å². The van der Waals surface area contributed by atoms with Crippen LogP contribution in [0.25, 0.3) is 0 Å². The van der Waals surface area contributed by atoms with Crippen LogP contribution in [0, 0.1) is 11.6 Å². The van der Waals surface area contributed by atoms with Gasteiger partial charge in [0.15, 0.2) is 11.6 Å². The average molecular weight is 408 g/mol. The molecule has 0 aliphatic carbocycles. The molecule has 0 saturated carbocycles. The fourth-order valence-electron chi connectivity index (χ4n) is 1.31. The zero-order chi connectivity index (χ0) is 13.9. The summed E-state index contributed by atoms with van der Waals surface area (Å²) in [6.07, 6.45) is 0. The molecule has 0 radical (unpaired) electrons. The maximum atomic E-state index is 13.9. The maximum Gasteiger partial charge on any atom is 0.367 e. The van der Waals surface area contributed by atoms with Gasteiger partial charge in [-0.2, -0.15) is 0 Å². The molecule has 18 heavy (non-hydrogen) atoms. The summed E-state index contributed by atoms with van der Waals surface area (Å²) < 4.78 is 50.1. The van der Waals surface area contributed by atoms with E-state index in [9.17, 15) is 13.3 Å². The Morgan fingerprint density at radius 1 is 1.11 bits per heavy atom. The van der Waals surface area contributed by atoms with Gasteiger partial charge in [0.2, 0.25) is 0 Å². The molecule has 1 aromatic carbocycles. The van der Waals surface area contributed by atoms with Crippen molar-refractivity contribution in [2.75, 3.05) is 13.2 Å². The first-order chi connectivity index (χ1) is 8.37. The van der Waals surface area contributed by atoms with Gasteiger partial charge in [-0.05, 0) is 51.8 Å². The van der Waals surface area contributed by atoms with E-state index in [1.54, 1.807) is 13.8 Å². The summed E-state index contributed by atoms with van der Waals surface area (Å²) in [5.41, 5.74) is 0. The van der Waals surface area contributed by atoms with E-state index in [1.807, 2.05) is 0 Å². The molecule has 1 rings (SSSR count). The normalized spacial score (nSPS) is 11.9. The number of halogens is 4. The average Bonchev–Trinajstić information content (AvgIpc) is 2.27. The van der Waals surface area contributed by atoms with Crippen molar-refractivity contribution in [3.63, 3.8) is 0 Å². The quantitative estimate of drug-likeness (QED) is 0.536. The van der Waals surface area contributed by atoms with Crippen LogP contribution in [0.4, 0.5) is 8.78 Å². The lowest BCUT2D eigenvalue weighted by atomic mass is 10.3. The van der Waals surface area contributed by atoms with Crippen molar-refractivity contribution >= 4 is 44.8 Å². The summed E-state index contributed by atoms with van der Waals surface area (Å²) in [6.45, 7) is 3.16. The summed E-state index contributed by atoms with van der Waals surface area (Å²) in [7, 11) is -4.01. The van der Waals surface area contributed by atoms with Crippen molar-refractivity contribution in [3.05, 3.63) is 26.6 Å². The Morgan fingerprint density at radius 3 is 1.83 bits per heavy atom. The minimum absolute atomic E-state index is 0.0142. The molecule has 1 aromatic rings. The van der Waals surface area contributed by atoms with Gasteiger partial charge >= 0.3 is 7.60 Å². The van der Waals surface area contributed by atoms with Crippen LogP contribution in [0.3, 0.4) is 0 Å². The van der Waals surface area contributed by atoms with Crippen molar-refractivity contribution < 1.29 is 22.4 Å². The highest BCUT2D eigenvalue weighted by molar-refractivity contribution is 9.11. The molecule has 0 unspecified atom stereocenters. The highest BCUT2D eigenvalue weighted by atomic mass is 79.9. The molecule has 8 heteroatoms. The van der Waals surface area contributed by atoms with E-state index < -0.39 is 24.5 Å². The Balaban J connectivity index is 3.50. The largest absolute Gasteiger partial charge is 0.367 e. The molecule has 0 spiro atoms. The lowest BCUT2D eigenvalue weighted by Crippen LogP contribution is -2.19. The molecule has 0 N–H and O–H groups in total. The van der Waals surface area contributed by atoms with Crippen molar-refractivity contribution in [1.29, 1.82) is 0 Å². The predicted molar refractivity (Wildman–Crippen MR) is 72.3 cm³/mol. The molecular formula is C10H11Br2F2O3P. The number of benzene rings is 1. The zero-order valence-electron chi connectivity index (χ0n) is 9.68. The molecule has 0 amide bonds. The number of hydrogen-bond donors (Lipinski definition) is 0. The summed E-state index contributed by atoms with van der Waals surface area (Å²) in [5.74, 6) is -1.97. The Morgan fingerprint density at radius 2 is 1.50 bits per heavy atom. The fourth-order valence-corrected chi connectivity index (χ4v) is 4.51. The molecular weight excluding hydrogens is 397 g/mol. The standard InChI is InChI=1S/C10H11Br2F2O3P/c1-3-16-18(15,17-4-2)10-8(13)6(11)5-7(12)9(10)14/h5H,3-4H2,1-2H3. The van der Waals surface area contributed by atoms with Crippen molar-refractivity contribution in [2.24, 2.45) is 0 Å². The van der Waals surface area contributed by atoms with Gasteiger partial charge in [-0.1, -0.05) is 0 Å². The van der Waals surface area contributed by atoms with E-state index >= 15 is 0 Å². The first-order valence-electron chi connectivity index (χ1n) is 5.10. The van der Waals surface area contributed by atoms with Gasteiger partial charge in [0.1, 0.15) is 5.30 Å². The summed E-state index contributed by atoms with van der Waals surface area (Å²) in [6, 6.07) is 1.19. The van der Waals surface area contributed by atoms with Crippen molar-refractivity contribution in [1.82, 2.24) is 0 Å². The van der Waals surface area contributed by atoms with E-state index in [4.69, 9.17) is 9.05 Å². The SMILES string of the molecule is CCOP(=O)(OCC)c1c(F)c(Br)cc(Br)c1F. The molecule has 102 valence electrons. The Labute approximate surface area is 121 Å². The Bertz CT molecular complexity index is 460. The number of hydrogen-bond acceptors (Lipinski definition) is 3. The van der Waals surface area contributed by atoms with Crippen LogP contribution in [0.2, 0.25) is 0 Å². The van der Waals surface area contributed by atoms with Crippen LogP contribution in [0.1, 0.15) is 13.8 Å². The predicted octanol–water partition coefficient (Wildman–Crippen LogP) is 4.38. The van der Waals surface area contributed by atoms with Crippen LogP contribution < -0.4 is 5.30 Å². The van der Waals surface area contributed by atoms with Crippen molar-refractivity contribution in [3.8, 4) is 0 Å². The van der Waals surface area contributed by atoms with Gasteiger partial charge in [0.25, 0.3) is 0 Å². The molecule has 0 saturated heterocycles. The zero-order valence-corrected chi connectivity index (χ0v) is 13.7. The smallest absolute Gasteiger partial charge is 0.305 e. The summed E-state index contributed by atoms with van der Waals surface area (Å²) in [5, 5.41) is -0.688. The van der Waals surface area contributed by atoms with E-state index in [0.717, 1.165) is 0 Å². The lowest BCUT2D eigenvalue weighted by Gasteiger charge is -2.19. The van der Waals surface area contributed by atoms with Gasteiger partial charge < -0.3 is 9.05 Å². The Hall–Kier alpha value is 0.190. The van der Waals surface area contributed by atoms with Gasteiger partial charge in [-0.3, -0.25) is 4.57 Å². The van der Waals surface area contributed by atoms with E-state index in [-0.39, 0.29) is 22.2 Å². The first-order valence-corrected chi connectivity index (χ1v) is 8.22.